The van der Waals surface area contributed by atoms with Crippen LogP contribution in [0.15, 0.2) is 47.8 Å². The molecule has 0 bridgehead atoms. The highest BCUT2D eigenvalue weighted by Crippen LogP contribution is 2.28. The van der Waals surface area contributed by atoms with Crippen LogP contribution in [-0.2, 0) is 6.54 Å². The van der Waals surface area contributed by atoms with E-state index < -0.39 is 0 Å². The Kier molecular flexibility index (Phi) is 5.57. The number of benzene rings is 1. The number of carbonyl (C=O) groups excluding carboxylic acids is 1. The lowest BCUT2D eigenvalue weighted by atomic mass is 9.98. The average Bonchev–Trinajstić information content (AvgIpc) is 3.29. The number of hydrogen-bond acceptors (Lipinski definition) is 3. The summed E-state index contributed by atoms with van der Waals surface area (Å²) in [4.78, 5) is 14.0. The van der Waals surface area contributed by atoms with Crippen LogP contribution in [0.1, 0.15) is 64.9 Å². The van der Waals surface area contributed by atoms with Crippen molar-refractivity contribution in [2.45, 2.75) is 46.2 Å². The number of aromatic nitrogens is 2. The van der Waals surface area contributed by atoms with Crippen molar-refractivity contribution in [1.29, 1.82) is 0 Å². The van der Waals surface area contributed by atoms with Gasteiger partial charge in [-0.1, -0.05) is 44.2 Å². The topological polar surface area (TPSA) is 46.9 Å². The summed E-state index contributed by atoms with van der Waals surface area (Å²) < 4.78 is 1.75. The molecule has 1 unspecified atom stereocenters. The Labute approximate surface area is 158 Å². The molecular weight excluding hydrogens is 342 g/mol. The zero-order valence-corrected chi connectivity index (χ0v) is 16.5. The molecule has 0 saturated carbocycles. The van der Waals surface area contributed by atoms with Gasteiger partial charge < -0.3 is 5.32 Å². The van der Waals surface area contributed by atoms with Gasteiger partial charge in [-0.15, -0.1) is 11.3 Å². The molecule has 1 amide bonds. The maximum Gasteiger partial charge on any atom is 0.270 e. The van der Waals surface area contributed by atoms with E-state index in [1.807, 2.05) is 31.4 Å². The number of aryl methyl sites for hydroxylation is 2. The van der Waals surface area contributed by atoms with Crippen molar-refractivity contribution in [3.05, 3.63) is 75.2 Å². The second-order valence-corrected chi connectivity index (χ2v) is 7.71. The highest BCUT2D eigenvalue weighted by molar-refractivity contribution is 7.10. The van der Waals surface area contributed by atoms with Gasteiger partial charge >= 0.3 is 0 Å². The van der Waals surface area contributed by atoms with E-state index in [9.17, 15) is 4.79 Å². The maximum atomic E-state index is 12.9. The van der Waals surface area contributed by atoms with E-state index >= 15 is 0 Å². The molecule has 5 heteroatoms. The lowest BCUT2D eigenvalue weighted by Gasteiger charge is -2.19. The normalized spacial score (nSPS) is 12.3. The maximum absolute atomic E-state index is 12.9. The van der Waals surface area contributed by atoms with Gasteiger partial charge in [-0.3, -0.25) is 9.48 Å². The first-order valence-electron chi connectivity index (χ1n) is 8.98. The number of hydrogen-bond donors (Lipinski definition) is 1. The minimum atomic E-state index is -0.163. The molecule has 0 radical (unpaired) electrons. The highest BCUT2D eigenvalue weighted by Gasteiger charge is 2.21. The third kappa shape index (κ3) is 3.88. The SMILES string of the molecule is CCn1nc(C)cc1C(=O)NC(c1ccc(C(C)C)cc1)c1cccs1. The van der Waals surface area contributed by atoms with Crippen LogP contribution >= 0.6 is 11.3 Å². The molecule has 0 fully saturated rings. The number of nitrogens with one attached hydrogen (secondary N) is 1. The fourth-order valence-electron chi connectivity index (χ4n) is 3.02. The summed E-state index contributed by atoms with van der Waals surface area (Å²) in [5.41, 5.74) is 3.84. The van der Waals surface area contributed by atoms with Crippen molar-refractivity contribution in [3.63, 3.8) is 0 Å². The van der Waals surface area contributed by atoms with Crippen LogP contribution in [-0.4, -0.2) is 15.7 Å². The Morgan fingerprint density at radius 1 is 1.19 bits per heavy atom. The molecule has 2 aromatic heterocycles. The molecule has 136 valence electrons. The second kappa shape index (κ2) is 7.87. The van der Waals surface area contributed by atoms with Crippen LogP contribution in [0.4, 0.5) is 0 Å². The Bertz CT molecular complexity index is 863. The van der Waals surface area contributed by atoms with Crippen molar-refractivity contribution in [3.8, 4) is 0 Å². The van der Waals surface area contributed by atoms with Gasteiger partial charge in [0.05, 0.1) is 11.7 Å². The zero-order valence-electron chi connectivity index (χ0n) is 15.7. The van der Waals surface area contributed by atoms with Crippen molar-refractivity contribution >= 4 is 17.2 Å². The molecule has 0 aliphatic carbocycles. The fraction of sp³-hybridized carbons (Fsp3) is 0.333. The first-order valence-corrected chi connectivity index (χ1v) is 9.86. The first kappa shape index (κ1) is 18.4. The molecule has 0 spiro atoms. The van der Waals surface area contributed by atoms with Gasteiger partial charge in [0.1, 0.15) is 5.69 Å². The molecule has 1 N–H and O–H groups in total. The Morgan fingerprint density at radius 3 is 2.46 bits per heavy atom. The second-order valence-electron chi connectivity index (χ2n) is 6.73. The molecule has 3 rings (SSSR count). The molecule has 4 nitrogen and oxygen atoms in total. The van der Waals surface area contributed by atoms with Crippen LogP contribution in [0.2, 0.25) is 0 Å². The lowest BCUT2D eigenvalue weighted by Crippen LogP contribution is -2.30. The van der Waals surface area contributed by atoms with E-state index in [1.54, 1.807) is 16.0 Å². The molecule has 0 aliphatic rings. The van der Waals surface area contributed by atoms with Crippen molar-refractivity contribution in [2.24, 2.45) is 0 Å². The van der Waals surface area contributed by atoms with Gasteiger partial charge in [-0.25, -0.2) is 0 Å². The third-order valence-corrected chi connectivity index (χ3v) is 5.41. The Morgan fingerprint density at radius 2 is 1.88 bits per heavy atom. The van der Waals surface area contributed by atoms with Crippen molar-refractivity contribution < 1.29 is 4.79 Å². The molecule has 1 atom stereocenters. The number of nitrogens with zero attached hydrogens (tertiary/aromatic N) is 2. The lowest BCUT2D eigenvalue weighted by molar-refractivity contribution is 0.0932. The smallest absolute Gasteiger partial charge is 0.270 e. The predicted octanol–water partition coefficient (Wildman–Crippen LogP) is 4.92. The standard InChI is InChI=1S/C21H25N3OS/c1-5-24-18(13-15(4)23-24)21(25)22-20(19-7-6-12-26-19)17-10-8-16(9-11-17)14(2)3/h6-14,20H,5H2,1-4H3,(H,22,25). The highest BCUT2D eigenvalue weighted by atomic mass is 32.1. The molecular formula is C21H25N3OS. The van der Waals surface area contributed by atoms with Crippen LogP contribution in [0.5, 0.6) is 0 Å². The van der Waals surface area contributed by atoms with Gasteiger partial charge in [0, 0.05) is 11.4 Å². The first-order chi connectivity index (χ1) is 12.5. The molecule has 0 saturated heterocycles. The quantitative estimate of drug-likeness (QED) is 0.672. The van der Waals surface area contributed by atoms with Gasteiger partial charge in [0.2, 0.25) is 0 Å². The van der Waals surface area contributed by atoms with E-state index in [0.29, 0.717) is 18.2 Å². The van der Waals surface area contributed by atoms with Crippen molar-refractivity contribution in [2.75, 3.05) is 0 Å². The summed E-state index contributed by atoms with van der Waals surface area (Å²) in [5, 5.41) is 9.62. The van der Waals surface area contributed by atoms with E-state index in [2.05, 4.69) is 54.6 Å². The minimum Gasteiger partial charge on any atom is -0.339 e. The van der Waals surface area contributed by atoms with Crippen LogP contribution in [0, 0.1) is 6.92 Å². The zero-order chi connectivity index (χ0) is 18.7. The molecule has 0 aliphatic heterocycles. The number of carbonyl (C=O) groups is 1. The molecule has 1 aromatic carbocycles. The van der Waals surface area contributed by atoms with E-state index in [0.717, 1.165) is 16.1 Å². The van der Waals surface area contributed by atoms with Gasteiger partial charge in [0.25, 0.3) is 5.91 Å². The summed E-state index contributed by atoms with van der Waals surface area (Å²) in [7, 11) is 0. The van der Waals surface area contributed by atoms with E-state index in [4.69, 9.17) is 0 Å². The molecule has 2 heterocycles. The summed E-state index contributed by atoms with van der Waals surface area (Å²) in [6.45, 7) is 8.93. The Balaban J connectivity index is 1.91. The van der Waals surface area contributed by atoms with Gasteiger partial charge in [0.15, 0.2) is 0 Å². The van der Waals surface area contributed by atoms with Gasteiger partial charge in [-0.05, 0) is 48.4 Å². The summed E-state index contributed by atoms with van der Waals surface area (Å²) >= 11 is 1.65. The van der Waals surface area contributed by atoms with E-state index in [1.165, 1.54) is 5.56 Å². The van der Waals surface area contributed by atoms with Crippen LogP contribution in [0.25, 0.3) is 0 Å². The summed E-state index contributed by atoms with van der Waals surface area (Å²) in [6.07, 6.45) is 0. The Hall–Kier alpha value is -2.40. The van der Waals surface area contributed by atoms with Gasteiger partial charge in [-0.2, -0.15) is 5.10 Å². The van der Waals surface area contributed by atoms with Crippen LogP contribution in [0.3, 0.4) is 0 Å². The molecule has 26 heavy (non-hydrogen) atoms. The third-order valence-electron chi connectivity index (χ3n) is 4.47. The largest absolute Gasteiger partial charge is 0.339 e. The number of amides is 1. The fourth-order valence-corrected chi connectivity index (χ4v) is 3.82. The van der Waals surface area contributed by atoms with Crippen molar-refractivity contribution in [1.82, 2.24) is 15.1 Å². The summed E-state index contributed by atoms with van der Waals surface area (Å²) in [5.74, 6) is 0.388. The average molecular weight is 368 g/mol. The number of thiophene rings is 1. The number of rotatable bonds is 6. The summed E-state index contributed by atoms with van der Waals surface area (Å²) in [6, 6.07) is 14.3. The van der Waals surface area contributed by atoms with E-state index in [-0.39, 0.29) is 11.9 Å². The minimum absolute atomic E-state index is 0.0983. The predicted molar refractivity (Wildman–Crippen MR) is 107 cm³/mol. The monoisotopic (exact) mass is 367 g/mol. The van der Waals surface area contributed by atoms with Crippen LogP contribution < -0.4 is 5.32 Å². The molecule has 3 aromatic rings.